The summed E-state index contributed by atoms with van der Waals surface area (Å²) in [6, 6.07) is 0. The van der Waals surface area contributed by atoms with E-state index in [0.29, 0.717) is 18.8 Å². The minimum absolute atomic E-state index is 0.0401. The van der Waals surface area contributed by atoms with Gasteiger partial charge in [0.25, 0.3) is 0 Å². The first-order chi connectivity index (χ1) is 8.59. The molecule has 100 valence electrons. The van der Waals surface area contributed by atoms with E-state index < -0.39 is 11.9 Å². The summed E-state index contributed by atoms with van der Waals surface area (Å²) in [5.74, 6) is -1.18. The molecule has 3 atom stereocenters. The predicted molar refractivity (Wildman–Crippen MR) is 68.0 cm³/mol. The first kappa shape index (κ1) is 13.1. The lowest BCUT2D eigenvalue weighted by Gasteiger charge is -2.35. The summed E-state index contributed by atoms with van der Waals surface area (Å²) in [6.45, 7) is 3.72. The number of amides is 1. The number of aliphatic carboxylic acids is 1. The number of likely N-dealkylation sites (tertiary alicyclic amines) is 1. The molecule has 18 heavy (non-hydrogen) atoms. The number of nitrogens with zero attached hydrogens (tertiary/aromatic N) is 1. The van der Waals surface area contributed by atoms with Crippen LogP contribution in [0.5, 0.6) is 0 Å². The summed E-state index contributed by atoms with van der Waals surface area (Å²) in [5.41, 5.74) is 0. The number of carbonyl (C=O) groups is 2. The highest BCUT2D eigenvalue weighted by atomic mass is 16.4. The lowest BCUT2D eigenvalue weighted by Crippen LogP contribution is -2.45. The number of hydrogen-bond donors (Lipinski definition) is 1. The Kier molecular flexibility index (Phi) is 4.04. The summed E-state index contributed by atoms with van der Waals surface area (Å²) >= 11 is 0. The molecule has 1 aliphatic heterocycles. The zero-order chi connectivity index (χ0) is 13.1. The van der Waals surface area contributed by atoms with Gasteiger partial charge in [-0.3, -0.25) is 9.59 Å². The lowest BCUT2D eigenvalue weighted by atomic mass is 9.81. The standard InChI is InChI=1S/C14H21NO3/c1-10-5-4-8-15(9-10)13(16)11-6-2-3-7-12(11)14(17)18/h2-3,10-12H,4-9H2,1H3,(H,17,18)/t10-,11+,12-/m1/s1. The Morgan fingerprint density at radius 1 is 1.22 bits per heavy atom. The molecule has 1 fully saturated rings. The zero-order valence-corrected chi connectivity index (χ0v) is 10.8. The van der Waals surface area contributed by atoms with Crippen LogP contribution in [0.4, 0.5) is 0 Å². The summed E-state index contributed by atoms with van der Waals surface area (Å²) < 4.78 is 0. The molecule has 1 saturated heterocycles. The normalized spacial score (nSPS) is 32.3. The van der Waals surface area contributed by atoms with E-state index in [1.54, 1.807) is 0 Å². The monoisotopic (exact) mass is 251 g/mol. The SMILES string of the molecule is C[C@@H]1CCCN(C(=O)[C@H]2CC=CC[C@H]2C(=O)O)C1. The van der Waals surface area contributed by atoms with Crippen molar-refractivity contribution in [2.24, 2.45) is 17.8 Å². The molecule has 0 spiro atoms. The Bertz CT molecular complexity index is 364. The van der Waals surface area contributed by atoms with Gasteiger partial charge in [0.05, 0.1) is 11.8 Å². The molecule has 1 N–H and O–H groups in total. The first-order valence-corrected chi connectivity index (χ1v) is 6.76. The fourth-order valence-corrected chi connectivity index (χ4v) is 2.98. The molecule has 1 aliphatic carbocycles. The maximum Gasteiger partial charge on any atom is 0.307 e. The number of allylic oxidation sites excluding steroid dienone is 2. The Balaban J connectivity index is 2.06. The van der Waals surface area contributed by atoms with Crippen molar-refractivity contribution in [1.82, 2.24) is 4.90 Å². The van der Waals surface area contributed by atoms with Gasteiger partial charge in [0.15, 0.2) is 0 Å². The smallest absolute Gasteiger partial charge is 0.307 e. The number of rotatable bonds is 2. The van der Waals surface area contributed by atoms with E-state index in [1.165, 1.54) is 0 Å². The summed E-state index contributed by atoms with van der Waals surface area (Å²) in [4.78, 5) is 25.5. The molecule has 2 rings (SSSR count). The molecular weight excluding hydrogens is 230 g/mol. The highest BCUT2D eigenvalue weighted by Gasteiger charge is 2.37. The van der Waals surface area contributed by atoms with E-state index in [1.807, 2.05) is 17.1 Å². The molecule has 0 radical (unpaired) electrons. The van der Waals surface area contributed by atoms with E-state index in [9.17, 15) is 14.7 Å². The van der Waals surface area contributed by atoms with E-state index in [-0.39, 0.29) is 11.8 Å². The highest BCUT2D eigenvalue weighted by Crippen LogP contribution is 2.29. The number of piperidine rings is 1. The van der Waals surface area contributed by atoms with Gasteiger partial charge in [-0.2, -0.15) is 0 Å². The van der Waals surface area contributed by atoms with Crippen molar-refractivity contribution in [3.05, 3.63) is 12.2 Å². The maximum absolute atomic E-state index is 12.4. The third-order valence-corrected chi connectivity index (χ3v) is 4.04. The van der Waals surface area contributed by atoms with Crippen LogP contribution in [0.3, 0.4) is 0 Å². The molecule has 1 amide bonds. The number of hydrogen-bond acceptors (Lipinski definition) is 2. The second-order valence-corrected chi connectivity index (χ2v) is 5.53. The zero-order valence-electron chi connectivity index (χ0n) is 10.8. The Labute approximate surface area is 108 Å². The molecule has 4 nitrogen and oxygen atoms in total. The number of carbonyl (C=O) groups excluding carboxylic acids is 1. The third kappa shape index (κ3) is 2.74. The van der Waals surface area contributed by atoms with Gasteiger partial charge in [0.1, 0.15) is 0 Å². The molecule has 0 aromatic heterocycles. The van der Waals surface area contributed by atoms with Crippen molar-refractivity contribution in [3.8, 4) is 0 Å². The van der Waals surface area contributed by atoms with Crippen LogP contribution in [0.2, 0.25) is 0 Å². The van der Waals surface area contributed by atoms with E-state index >= 15 is 0 Å². The van der Waals surface area contributed by atoms with Gasteiger partial charge in [-0.05, 0) is 31.6 Å². The average molecular weight is 251 g/mol. The van der Waals surface area contributed by atoms with E-state index in [4.69, 9.17) is 0 Å². The second kappa shape index (κ2) is 5.55. The first-order valence-electron chi connectivity index (χ1n) is 6.76. The summed E-state index contributed by atoms with van der Waals surface area (Å²) in [7, 11) is 0. The molecule has 4 heteroatoms. The predicted octanol–water partition coefficient (Wildman–Crippen LogP) is 1.91. The topological polar surface area (TPSA) is 57.6 Å². The van der Waals surface area contributed by atoms with Crippen LogP contribution in [0.1, 0.15) is 32.6 Å². The van der Waals surface area contributed by atoms with Crippen molar-refractivity contribution in [1.29, 1.82) is 0 Å². The van der Waals surface area contributed by atoms with Crippen LogP contribution in [0, 0.1) is 17.8 Å². The molecule has 0 bridgehead atoms. The largest absolute Gasteiger partial charge is 0.481 e. The van der Waals surface area contributed by atoms with E-state index in [2.05, 4.69) is 6.92 Å². The third-order valence-electron chi connectivity index (χ3n) is 4.04. The Morgan fingerprint density at radius 2 is 1.89 bits per heavy atom. The van der Waals surface area contributed by atoms with Crippen LogP contribution in [-0.4, -0.2) is 35.0 Å². The Morgan fingerprint density at radius 3 is 2.50 bits per heavy atom. The fraction of sp³-hybridized carbons (Fsp3) is 0.714. The summed E-state index contributed by atoms with van der Waals surface area (Å²) in [5, 5.41) is 9.20. The molecule has 0 unspecified atom stereocenters. The molecule has 0 saturated carbocycles. The molecule has 2 aliphatic rings. The molecular formula is C14H21NO3. The van der Waals surface area contributed by atoms with Gasteiger partial charge in [-0.1, -0.05) is 19.1 Å². The van der Waals surface area contributed by atoms with Gasteiger partial charge in [-0.15, -0.1) is 0 Å². The minimum atomic E-state index is -0.845. The molecule has 1 heterocycles. The van der Waals surface area contributed by atoms with Crippen molar-refractivity contribution >= 4 is 11.9 Å². The average Bonchev–Trinajstić information content (AvgIpc) is 2.38. The van der Waals surface area contributed by atoms with Crippen molar-refractivity contribution < 1.29 is 14.7 Å². The molecule has 0 aromatic carbocycles. The summed E-state index contributed by atoms with van der Waals surface area (Å²) in [6.07, 6.45) is 7.07. The highest BCUT2D eigenvalue weighted by molar-refractivity contribution is 5.85. The van der Waals surface area contributed by atoms with Gasteiger partial charge >= 0.3 is 5.97 Å². The van der Waals surface area contributed by atoms with Crippen molar-refractivity contribution in [2.75, 3.05) is 13.1 Å². The number of carboxylic acids is 1. The van der Waals surface area contributed by atoms with Gasteiger partial charge < -0.3 is 10.0 Å². The minimum Gasteiger partial charge on any atom is -0.481 e. The van der Waals surface area contributed by atoms with Gasteiger partial charge in [0, 0.05) is 13.1 Å². The second-order valence-electron chi connectivity index (χ2n) is 5.53. The van der Waals surface area contributed by atoms with Crippen LogP contribution in [-0.2, 0) is 9.59 Å². The molecule has 0 aromatic rings. The van der Waals surface area contributed by atoms with Crippen LogP contribution >= 0.6 is 0 Å². The van der Waals surface area contributed by atoms with Crippen molar-refractivity contribution in [2.45, 2.75) is 32.6 Å². The lowest BCUT2D eigenvalue weighted by molar-refractivity contribution is -0.151. The van der Waals surface area contributed by atoms with Gasteiger partial charge in [-0.25, -0.2) is 0 Å². The van der Waals surface area contributed by atoms with Crippen LogP contribution in [0.15, 0.2) is 12.2 Å². The quantitative estimate of drug-likeness (QED) is 0.763. The van der Waals surface area contributed by atoms with Crippen LogP contribution < -0.4 is 0 Å². The Hall–Kier alpha value is -1.32. The van der Waals surface area contributed by atoms with Crippen molar-refractivity contribution in [3.63, 3.8) is 0 Å². The number of carboxylic acid groups (broad SMARTS) is 1. The van der Waals surface area contributed by atoms with E-state index in [0.717, 1.165) is 25.9 Å². The van der Waals surface area contributed by atoms with Crippen LogP contribution in [0.25, 0.3) is 0 Å². The maximum atomic E-state index is 12.4. The fourth-order valence-electron chi connectivity index (χ4n) is 2.98. The van der Waals surface area contributed by atoms with Gasteiger partial charge in [0.2, 0.25) is 5.91 Å².